The van der Waals surface area contributed by atoms with Gasteiger partial charge in [0.15, 0.2) is 5.65 Å². The van der Waals surface area contributed by atoms with Crippen molar-refractivity contribution < 1.29 is 0 Å². The van der Waals surface area contributed by atoms with E-state index in [1.54, 1.807) is 6.07 Å². The van der Waals surface area contributed by atoms with Crippen LogP contribution in [0.4, 0.5) is 5.82 Å². The monoisotopic (exact) mass is 234 g/mol. The Balaban J connectivity index is 2.02. The van der Waals surface area contributed by atoms with Gasteiger partial charge in [-0.05, 0) is 25.0 Å². The van der Waals surface area contributed by atoms with E-state index in [-0.39, 0.29) is 5.69 Å². The van der Waals surface area contributed by atoms with Gasteiger partial charge >= 0.3 is 5.69 Å². The number of H-pyrrole nitrogens is 1. The van der Waals surface area contributed by atoms with E-state index in [4.69, 9.17) is 5.73 Å². The van der Waals surface area contributed by atoms with Crippen LogP contribution in [-0.2, 0) is 0 Å². The van der Waals surface area contributed by atoms with E-state index in [2.05, 4.69) is 20.2 Å². The molecule has 90 valence electrons. The van der Waals surface area contributed by atoms with Crippen LogP contribution in [0.25, 0.3) is 5.65 Å². The molecule has 2 heterocycles. The summed E-state index contributed by atoms with van der Waals surface area (Å²) in [7, 11) is 0. The van der Waals surface area contributed by atoms with Gasteiger partial charge in [-0.15, -0.1) is 5.10 Å². The maximum absolute atomic E-state index is 11.4. The number of nitrogens with two attached hydrogens (primary N) is 1. The Labute approximate surface area is 97.2 Å². The van der Waals surface area contributed by atoms with Gasteiger partial charge in [-0.1, -0.05) is 0 Å². The molecule has 1 saturated carbocycles. The lowest BCUT2D eigenvalue weighted by Crippen LogP contribution is -2.33. The van der Waals surface area contributed by atoms with Gasteiger partial charge in [-0.25, -0.2) is 9.89 Å². The molecular formula is C10H14N6O. The normalized spacial score (nSPS) is 15.4. The van der Waals surface area contributed by atoms with Crippen molar-refractivity contribution in [3.8, 4) is 0 Å². The summed E-state index contributed by atoms with van der Waals surface area (Å²) in [5, 5.41) is 10.5. The molecule has 17 heavy (non-hydrogen) atoms. The highest BCUT2D eigenvalue weighted by atomic mass is 16.2. The van der Waals surface area contributed by atoms with Crippen LogP contribution in [0.15, 0.2) is 16.9 Å². The molecule has 1 aliphatic carbocycles. The molecule has 0 spiro atoms. The number of nitrogens with one attached hydrogen (secondary N) is 1. The predicted molar refractivity (Wildman–Crippen MR) is 63.0 cm³/mol. The van der Waals surface area contributed by atoms with E-state index in [0.29, 0.717) is 18.2 Å². The van der Waals surface area contributed by atoms with Crippen molar-refractivity contribution in [1.29, 1.82) is 0 Å². The molecule has 0 saturated heterocycles. The molecular weight excluding hydrogens is 220 g/mol. The van der Waals surface area contributed by atoms with Gasteiger partial charge in [0.1, 0.15) is 5.82 Å². The zero-order valence-electron chi connectivity index (χ0n) is 9.33. The molecule has 3 N–H and O–H groups in total. The largest absolute Gasteiger partial charge is 0.364 e. The van der Waals surface area contributed by atoms with E-state index in [9.17, 15) is 4.79 Å². The fourth-order valence-electron chi connectivity index (χ4n) is 1.96. The standard InChI is InChI=1S/C10H14N6O/c11-5-6-15(7-1-2-7)9-4-3-8-12-13-10(17)16(8)14-9/h3-4,7H,1-2,5-6,11H2,(H,13,17). The molecule has 0 aliphatic heterocycles. The van der Waals surface area contributed by atoms with Gasteiger partial charge in [0, 0.05) is 19.1 Å². The second-order valence-corrected chi connectivity index (χ2v) is 4.20. The zero-order valence-corrected chi connectivity index (χ0v) is 9.33. The molecule has 7 nitrogen and oxygen atoms in total. The first-order valence-corrected chi connectivity index (χ1v) is 5.71. The van der Waals surface area contributed by atoms with Crippen LogP contribution in [0.3, 0.4) is 0 Å². The molecule has 1 fully saturated rings. The summed E-state index contributed by atoms with van der Waals surface area (Å²) >= 11 is 0. The van der Waals surface area contributed by atoms with E-state index >= 15 is 0 Å². The van der Waals surface area contributed by atoms with E-state index in [1.807, 2.05) is 6.07 Å². The first-order chi connectivity index (χ1) is 8.29. The third-order valence-corrected chi connectivity index (χ3v) is 2.91. The highest BCUT2D eigenvalue weighted by molar-refractivity contribution is 5.46. The Morgan fingerprint density at radius 2 is 2.35 bits per heavy atom. The Kier molecular flexibility index (Phi) is 2.32. The van der Waals surface area contributed by atoms with Crippen LogP contribution in [0.5, 0.6) is 0 Å². The lowest BCUT2D eigenvalue weighted by molar-refractivity contribution is 0.745. The average molecular weight is 234 g/mol. The van der Waals surface area contributed by atoms with Gasteiger partial charge in [-0.3, -0.25) is 0 Å². The highest BCUT2D eigenvalue weighted by Crippen LogP contribution is 2.29. The van der Waals surface area contributed by atoms with Gasteiger partial charge in [0.05, 0.1) is 0 Å². The van der Waals surface area contributed by atoms with Crippen molar-refractivity contribution in [1.82, 2.24) is 19.8 Å². The average Bonchev–Trinajstić information content (AvgIpc) is 3.12. The smallest absolute Gasteiger partial charge is 0.351 e. The third kappa shape index (κ3) is 1.78. The van der Waals surface area contributed by atoms with Crippen molar-refractivity contribution in [2.24, 2.45) is 5.73 Å². The van der Waals surface area contributed by atoms with E-state index in [1.165, 1.54) is 17.4 Å². The summed E-state index contributed by atoms with van der Waals surface area (Å²) < 4.78 is 1.28. The number of hydrogen-bond acceptors (Lipinski definition) is 5. The van der Waals surface area contributed by atoms with Crippen LogP contribution in [0.2, 0.25) is 0 Å². The number of aromatic amines is 1. The summed E-state index contributed by atoms with van der Waals surface area (Å²) in [6.07, 6.45) is 2.33. The van der Waals surface area contributed by atoms with Crippen molar-refractivity contribution in [3.05, 3.63) is 22.6 Å². The molecule has 0 amide bonds. The summed E-state index contributed by atoms with van der Waals surface area (Å²) in [6, 6.07) is 4.18. The molecule has 1 aliphatic rings. The molecule has 2 aromatic heterocycles. The van der Waals surface area contributed by atoms with Crippen LogP contribution in [0, 0.1) is 0 Å². The highest BCUT2D eigenvalue weighted by Gasteiger charge is 2.29. The maximum atomic E-state index is 11.4. The molecule has 0 unspecified atom stereocenters. The summed E-state index contributed by atoms with van der Waals surface area (Å²) in [4.78, 5) is 13.6. The third-order valence-electron chi connectivity index (χ3n) is 2.91. The number of aromatic nitrogens is 4. The molecule has 0 aromatic carbocycles. The number of fused-ring (bicyclic) bond motifs is 1. The molecule has 0 radical (unpaired) electrons. The number of nitrogens with zero attached hydrogens (tertiary/aromatic N) is 4. The topological polar surface area (TPSA) is 92.3 Å². The quantitative estimate of drug-likeness (QED) is 0.733. The van der Waals surface area contributed by atoms with Crippen LogP contribution in [-0.4, -0.2) is 38.9 Å². The molecule has 0 bridgehead atoms. The molecule has 2 aromatic rings. The molecule has 3 rings (SSSR count). The van der Waals surface area contributed by atoms with Crippen LogP contribution >= 0.6 is 0 Å². The Bertz CT molecular complexity index is 584. The summed E-state index contributed by atoms with van der Waals surface area (Å²) in [6.45, 7) is 1.34. The van der Waals surface area contributed by atoms with Gasteiger partial charge in [0.2, 0.25) is 0 Å². The minimum atomic E-state index is -0.314. The first-order valence-electron chi connectivity index (χ1n) is 5.71. The van der Waals surface area contributed by atoms with E-state index < -0.39 is 0 Å². The van der Waals surface area contributed by atoms with Crippen LogP contribution < -0.4 is 16.3 Å². The summed E-state index contributed by atoms with van der Waals surface area (Å²) in [5.74, 6) is 0.786. The number of rotatable bonds is 4. The zero-order chi connectivity index (χ0) is 11.8. The fourth-order valence-corrected chi connectivity index (χ4v) is 1.96. The van der Waals surface area contributed by atoms with Crippen LogP contribution in [0.1, 0.15) is 12.8 Å². The molecule has 0 atom stereocenters. The minimum absolute atomic E-state index is 0.314. The summed E-state index contributed by atoms with van der Waals surface area (Å²) in [5.41, 5.74) is 5.81. The Morgan fingerprint density at radius 1 is 1.53 bits per heavy atom. The van der Waals surface area contributed by atoms with Gasteiger partial charge in [-0.2, -0.15) is 9.61 Å². The molecule has 7 heteroatoms. The Morgan fingerprint density at radius 3 is 3.06 bits per heavy atom. The van der Waals surface area contributed by atoms with Crippen molar-refractivity contribution in [2.45, 2.75) is 18.9 Å². The van der Waals surface area contributed by atoms with Crippen molar-refractivity contribution in [3.63, 3.8) is 0 Å². The van der Waals surface area contributed by atoms with Crippen molar-refractivity contribution in [2.75, 3.05) is 18.0 Å². The Hall–Kier alpha value is -1.89. The maximum Gasteiger partial charge on any atom is 0.364 e. The van der Waals surface area contributed by atoms with E-state index in [0.717, 1.165) is 12.4 Å². The minimum Gasteiger partial charge on any atom is -0.351 e. The lowest BCUT2D eigenvalue weighted by atomic mass is 10.4. The number of hydrogen-bond donors (Lipinski definition) is 2. The van der Waals surface area contributed by atoms with Gasteiger partial charge in [0.25, 0.3) is 0 Å². The number of anilines is 1. The SMILES string of the molecule is NCCN(c1ccc2n[nH]c(=O)n2n1)C1CC1. The lowest BCUT2D eigenvalue weighted by Gasteiger charge is -2.22. The first kappa shape index (κ1) is 10.3. The van der Waals surface area contributed by atoms with Gasteiger partial charge < -0.3 is 10.6 Å². The second-order valence-electron chi connectivity index (χ2n) is 4.20. The predicted octanol–water partition coefficient (Wildman–Crippen LogP) is -0.655. The fraction of sp³-hybridized carbons (Fsp3) is 0.500. The second kappa shape index (κ2) is 3.85. The van der Waals surface area contributed by atoms with Crippen molar-refractivity contribution >= 4 is 11.5 Å².